The molecule has 14 heavy (non-hydrogen) atoms. The summed E-state index contributed by atoms with van der Waals surface area (Å²) in [6.45, 7) is 5.44. The standard InChI is InChI=1S/C12H18N2/c1-9-7-10(3-4-11(9)13)14-8-12(2)5-6-12/h3-4,7,14H,5-6,8,13H2,1-2H3. The van der Waals surface area contributed by atoms with Gasteiger partial charge in [0, 0.05) is 17.9 Å². The summed E-state index contributed by atoms with van der Waals surface area (Å²) in [7, 11) is 0. The quantitative estimate of drug-likeness (QED) is 0.719. The minimum atomic E-state index is 0.551. The molecule has 1 fully saturated rings. The summed E-state index contributed by atoms with van der Waals surface area (Å²) in [4.78, 5) is 0. The van der Waals surface area contributed by atoms with E-state index in [2.05, 4.69) is 18.3 Å². The van der Waals surface area contributed by atoms with Crippen LogP contribution in [0.4, 0.5) is 11.4 Å². The smallest absolute Gasteiger partial charge is 0.0345 e. The highest BCUT2D eigenvalue weighted by atomic mass is 14.9. The third kappa shape index (κ3) is 2.00. The van der Waals surface area contributed by atoms with Crippen LogP contribution >= 0.6 is 0 Å². The summed E-state index contributed by atoms with van der Waals surface area (Å²) in [5, 5.41) is 3.46. The van der Waals surface area contributed by atoms with Crippen LogP contribution in [0.5, 0.6) is 0 Å². The molecular formula is C12H18N2. The highest BCUT2D eigenvalue weighted by molar-refractivity contribution is 5.56. The maximum absolute atomic E-state index is 5.76. The van der Waals surface area contributed by atoms with Gasteiger partial charge < -0.3 is 11.1 Å². The van der Waals surface area contributed by atoms with E-state index in [-0.39, 0.29) is 0 Å². The summed E-state index contributed by atoms with van der Waals surface area (Å²) < 4.78 is 0. The number of rotatable bonds is 3. The first-order valence-corrected chi connectivity index (χ1v) is 5.19. The average Bonchev–Trinajstić information content (AvgIpc) is 2.87. The summed E-state index contributed by atoms with van der Waals surface area (Å²) in [6, 6.07) is 6.13. The van der Waals surface area contributed by atoms with Crippen LogP contribution in [0.25, 0.3) is 0 Å². The predicted molar refractivity (Wildman–Crippen MR) is 61.4 cm³/mol. The van der Waals surface area contributed by atoms with Crippen LogP contribution in [-0.4, -0.2) is 6.54 Å². The third-order valence-electron chi connectivity index (χ3n) is 3.09. The van der Waals surface area contributed by atoms with Gasteiger partial charge in [0.25, 0.3) is 0 Å². The Morgan fingerprint density at radius 3 is 2.71 bits per heavy atom. The zero-order chi connectivity index (χ0) is 10.2. The molecule has 1 aliphatic carbocycles. The lowest BCUT2D eigenvalue weighted by atomic mass is 10.1. The molecule has 1 aliphatic rings. The number of hydrogen-bond acceptors (Lipinski definition) is 2. The number of benzene rings is 1. The van der Waals surface area contributed by atoms with Crippen LogP contribution in [0, 0.1) is 12.3 Å². The molecule has 0 atom stereocenters. The van der Waals surface area contributed by atoms with Crippen LogP contribution < -0.4 is 11.1 Å². The number of nitrogens with one attached hydrogen (secondary N) is 1. The second kappa shape index (κ2) is 3.19. The minimum Gasteiger partial charge on any atom is -0.399 e. The molecule has 2 nitrogen and oxygen atoms in total. The third-order valence-corrected chi connectivity index (χ3v) is 3.09. The van der Waals surface area contributed by atoms with E-state index in [1.165, 1.54) is 18.5 Å². The Bertz CT molecular complexity index is 340. The van der Waals surface area contributed by atoms with E-state index in [0.717, 1.165) is 17.8 Å². The lowest BCUT2D eigenvalue weighted by Crippen LogP contribution is -2.11. The van der Waals surface area contributed by atoms with Crippen molar-refractivity contribution in [3.8, 4) is 0 Å². The van der Waals surface area contributed by atoms with Gasteiger partial charge in [-0.15, -0.1) is 0 Å². The second-order valence-corrected chi connectivity index (χ2v) is 4.74. The number of nitrogen functional groups attached to an aromatic ring is 1. The van der Waals surface area contributed by atoms with Crippen molar-refractivity contribution < 1.29 is 0 Å². The van der Waals surface area contributed by atoms with Crippen molar-refractivity contribution in [2.24, 2.45) is 5.41 Å². The Morgan fingerprint density at radius 1 is 1.43 bits per heavy atom. The molecule has 2 heteroatoms. The molecule has 0 amide bonds. The van der Waals surface area contributed by atoms with Gasteiger partial charge >= 0.3 is 0 Å². The Kier molecular flexibility index (Phi) is 2.14. The van der Waals surface area contributed by atoms with Gasteiger partial charge in [-0.05, 0) is 48.9 Å². The molecule has 0 radical (unpaired) electrons. The fourth-order valence-corrected chi connectivity index (χ4v) is 1.49. The van der Waals surface area contributed by atoms with E-state index in [1.807, 2.05) is 19.1 Å². The van der Waals surface area contributed by atoms with Crippen LogP contribution in [-0.2, 0) is 0 Å². The zero-order valence-electron chi connectivity index (χ0n) is 8.93. The Labute approximate surface area is 85.5 Å². The molecule has 0 aliphatic heterocycles. The molecule has 0 spiro atoms. The van der Waals surface area contributed by atoms with Crippen molar-refractivity contribution in [3.63, 3.8) is 0 Å². The van der Waals surface area contributed by atoms with E-state index in [0.29, 0.717) is 5.41 Å². The lowest BCUT2D eigenvalue weighted by Gasteiger charge is -2.12. The van der Waals surface area contributed by atoms with Crippen molar-refractivity contribution in [1.82, 2.24) is 0 Å². The van der Waals surface area contributed by atoms with Crippen molar-refractivity contribution in [1.29, 1.82) is 0 Å². The SMILES string of the molecule is Cc1cc(NCC2(C)CC2)ccc1N. The van der Waals surface area contributed by atoms with Gasteiger partial charge in [-0.25, -0.2) is 0 Å². The molecule has 1 saturated carbocycles. The maximum atomic E-state index is 5.76. The van der Waals surface area contributed by atoms with Gasteiger partial charge in [-0.3, -0.25) is 0 Å². The number of nitrogens with two attached hydrogens (primary N) is 1. The molecule has 1 aromatic rings. The highest BCUT2D eigenvalue weighted by Crippen LogP contribution is 2.44. The fourth-order valence-electron chi connectivity index (χ4n) is 1.49. The summed E-state index contributed by atoms with van der Waals surface area (Å²) in [5.41, 5.74) is 9.51. The van der Waals surface area contributed by atoms with Crippen LogP contribution in [0.1, 0.15) is 25.3 Å². The molecule has 0 unspecified atom stereocenters. The lowest BCUT2D eigenvalue weighted by molar-refractivity contribution is 0.611. The van der Waals surface area contributed by atoms with E-state index < -0.39 is 0 Å². The van der Waals surface area contributed by atoms with Crippen molar-refractivity contribution in [2.75, 3.05) is 17.6 Å². The Balaban J connectivity index is 1.99. The van der Waals surface area contributed by atoms with Crippen LogP contribution in [0.3, 0.4) is 0 Å². The highest BCUT2D eigenvalue weighted by Gasteiger charge is 2.36. The first-order valence-electron chi connectivity index (χ1n) is 5.19. The van der Waals surface area contributed by atoms with Crippen molar-refractivity contribution >= 4 is 11.4 Å². The second-order valence-electron chi connectivity index (χ2n) is 4.74. The van der Waals surface area contributed by atoms with Crippen LogP contribution in [0.2, 0.25) is 0 Å². The van der Waals surface area contributed by atoms with E-state index in [9.17, 15) is 0 Å². The molecule has 2 rings (SSSR count). The predicted octanol–water partition coefficient (Wildman–Crippen LogP) is 2.79. The van der Waals surface area contributed by atoms with Gasteiger partial charge in [0.05, 0.1) is 0 Å². The molecular weight excluding hydrogens is 172 g/mol. The summed E-state index contributed by atoms with van der Waals surface area (Å²) in [6.07, 6.45) is 2.71. The molecule has 0 aromatic heterocycles. The van der Waals surface area contributed by atoms with Crippen LogP contribution in [0.15, 0.2) is 18.2 Å². The first kappa shape index (κ1) is 9.38. The fraction of sp³-hybridized carbons (Fsp3) is 0.500. The van der Waals surface area contributed by atoms with Crippen molar-refractivity contribution in [3.05, 3.63) is 23.8 Å². The van der Waals surface area contributed by atoms with E-state index in [4.69, 9.17) is 5.73 Å². The number of aryl methyl sites for hydroxylation is 1. The van der Waals surface area contributed by atoms with Gasteiger partial charge in [0.1, 0.15) is 0 Å². The van der Waals surface area contributed by atoms with Gasteiger partial charge in [-0.1, -0.05) is 6.92 Å². The summed E-state index contributed by atoms with van der Waals surface area (Å²) in [5.74, 6) is 0. The topological polar surface area (TPSA) is 38.0 Å². The van der Waals surface area contributed by atoms with E-state index in [1.54, 1.807) is 0 Å². The maximum Gasteiger partial charge on any atom is 0.0345 e. The van der Waals surface area contributed by atoms with Gasteiger partial charge in [0.15, 0.2) is 0 Å². The molecule has 76 valence electrons. The summed E-state index contributed by atoms with van der Waals surface area (Å²) >= 11 is 0. The minimum absolute atomic E-state index is 0.551. The van der Waals surface area contributed by atoms with Gasteiger partial charge in [0.2, 0.25) is 0 Å². The first-order chi connectivity index (χ1) is 6.59. The largest absolute Gasteiger partial charge is 0.399 e. The van der Waals surface area contributed by atoms with Crippen molar-refractivity contribution in [2.45, 2.75) is 26.7 Å². The molecule has 3 N–H and O–H groups in total. The van der Waals surface area contributed by atoms with E-state index >= 15 is 0 Å². The molecule has 1 aromatic carbocycles. The van der Waals surface area contributed by atoms with Gasteiger partial charge in [-0.2, -0.15) is 0 Å². The Morgan fingerprint density at radius 2 is 2.14 bits per heavy atom. The zero-order valence-corrected chi connectivity index (χ0v) is 8.93. The molecule has 0 saturated heterocycles. The Hall–Kier alpha value is -1.18. The number of anilines is 2. The number of hydrogen-bond donors (Lipinski definition) is 2. The monoisotopic (exact) mass is 190 g/mol. The average molecular weight is 190 g/mol. The molecule has 0 bridgehead atoms. The normalized spacial score (nSPS) is 17.9. The molecule has 0 heterocycles.